The van der Waals surface area contributed by atoms with Gasteiger partial charge in [-0.25, -0.2) is 9.67 Å². The van der Waals surface area contributed by atoms with Crippen molar-refractivity contribution in [3.8, 4) is 11.5 Å². The summed E-state index contributed by atoms with van der Waals surface area (Å²) in [6.07, 6.45) is 0. The Morgan fingerprint density at radius 3 is 2.48 bits per heavy atom. The fourth-order valence-electron chi connectivity index (χ4n) is 3.48. The molecule has 1 N–H and O–H groups in total. The molecule has 0 saturated carbocycles. The molecule has 11 heteroatoms. The molecule has 10 nitrogen and oxygen atoms in total. The number of hydrogen-bond acceptors (Lipinski definition) is 9. The average Bonchev–Trinajstić information content (AvgIpc) is 3.17. The molecule has 3 aromatic rings. The fourth-order valence-corrected chi connectivity index (χ4v) is 4.13. The molecule has 0 bridgehead atoms. The van der Waals surface area contributed by atoms with Crippen LogP contribution in [0, 0.1) is 0 Å². The van der Waals surface area contributed by atoms with E-state index in [4.69, 9.17) is 19.5 Å². The second kappa shape index (κ2) is 9.82. The monoisotopic (exact) mass is 465 g/mol. The molecule has 1 aromatic heterocycles. The van der Waals surface area contributed by atoms with Gasteiger partial charge in [0.1, 0.15) is 5.84 Å². The lowest BCUT2D eigenvalue weighted by molar-refractivity contribution is -0.117. The molecular formula is C22H23N7O3S. The molecule has 170 valence electrons. The van der Waals surface area contributed by atoms with Crippen molar-refractivity contribution in [3.63, 3.8) is 0 Å². The van der Waals surface area contributed by atoms with Gasteiger partial charge in [0.15, 0.2) is 11.5 Å². The summed E-state index contributed by atoms with van der Waals surface area (Å²) in [6, 6.07) is 13.2. The Balaban J connectivity index is 1.69. The van der Waals surface area contributed by atoms with Crippen LogP contribution in [0.5, 0.6) is 11.5 Å². The molecule has 0 aliphatic carbocycles. The minimum Gasteiger partial charge on any atom is -0.493 e. The lowest BCUT2D eigenvalue weighted by Gasteiger charge is -2.20. The van der Waals surface area contributed by atoms with Crippen molar-refractivity contribution < 1.29 is 14.3 Å². The van der Waals surface area contributed by atoms with Crippen LogP contribution in [-0.4, -0.2) is 57.6 Å². The largest absolute Gasteiger partial charge is 0.493 e. The van der Waals surface area contributed by atoms with Crippen molar-refractivity contribution >= 4 is 40.6 Å². The van der Waals surface area contributed by atoms with E-state index in [1.165, 1.54) is 16.4 Å². The number of benzene rings is 2. The molecule has 1 aliphatic heterocycles. The zero-order valence-corrected chi connectivity index (χ0v) is 19.5. The zero-order valence-electron chi connectivity index (χ0n) is 18.6. The van der Waals surface area contributed by atoms with E-state index in [2.05, 4.69) is 20.8 Å². The molecule has 0 unspecified atom stereocenters. The van der Waals surface area contributed by atoms with Crippen LogP contribution in [0.25, 0.3) is 0 Å². The lowest BCUT2D eigenvalue weighted by Crippen LogP contribution is -2.38. The van der Waals surface area contributed by atoms with Crippen LogP contribution < -0.4 is 14.8 Å². The van der Waals surface area contributed by atoms with Crippen molar-refractivity contribution in [2.45, 2.75) is 18.0 Å². The quantitative estimate of drug-likeness (QED) is 0.556. The van der Waals surface area contributed by atoms with Crippen LogP contribution >= 0.6 is 11.8 Å². The highest BCUT2D eigenvalue weighted by Crippen LogP contribution is 2.36. The maximum absolute atomic E-state index is 12.9. The van der Waals surface area contributed by atoms with E-state index in [0.717, 1.165) is 17.0 Å². The normalized spacial score (nSPS) is 15.1. The van der Waals surface area contributed by atoms with Crippen molar-refractivity contribution in [1.29, 1.82) is 0 Å². The second-order valence-electron chi connectivity index (χ2n) is 7.21. The van der Waals surface area contributed by atoms with E-state index in [-0.39, 0.29) is 17.6 Å². The third-order valence-corrected chi connectivity index (χ3v) is 6.04. The molecule has 0 spiro atoms. The van der Waals surface area contributed by atoms with Gasteiger partial charge in [0.05, 0.1) is 37.3 Å². The van der Waals surface area contributed by atoms with Crippen LogP contribution in [0.4, 0.5) is 11.4 Å². The first-order valence-corrected chi connectivity index (χ1v) is 11.1. The minimum atomic E-state index is -0.386. The third-order valence-electron chi connectivity index (χ3n) is 5.03. The first-order chi connectivity index (χ1) is 16.0. The van der Waals surface area contributed by atoms with Gasteiger partial charge in [-0.15, -0.1) is 5.10 Å². The number of nitrogens with zero attached hydrogens (tertiary/aromatic N) is 6. The number of carbonyl (C=O) groups is 1. The number of tetrazole rings is 1. The van der Waals surface area contributed by atoms with Gasteiger partial charge >= 0.3 is 0 Å². The molecule has 1 amide bonds. The van der Waals surface area contributed by atoms with Crippen molar-refractivity contribution in [2.75, 3.05) is 20.0 Å². The van der Waals surface area contributed by atoms with Gasteiger partial charge in [-0.3, -0.25) is 9.79 Å². The maximum atomic E-state index is 12.9. The number of amidine groups is 1. The molecule has 0 fully saturated rings. The number of fused-ring (bicyclic) bond motifs is 1. The first-order valence-electron chi connectivity index (χ1n) is 10.1. The maximum Gasteiger partial charge on any atom is 0.235 e. The smallest absolute Gasteiger partial charge is 0.235 e. The van der Waals surface area contributed by atoms with Gasteiger partial charge < -0.3 is 14.8 Å². The Bertz CT molecular complexity index is 1240. The van der Waals surface area contributed by atoms with Crippen molar-refractivity contribution in [1.82, 2.24) is 25.5 Å². The van der Waals surface area contributed by atoms with Crippen LogP contribution in [-0.2, 0) is 11.8 Å². The Labute approximate surface area is 195 Å². The Morgan fingerprint density at radius 2 is 1.82 bits per heavy atom. The fraction of sp³-hybridized carbons (Fsp3) is 0.273. The Morgan fingerprint density at radius 1 is 1.09 bits per heavy atom. The predicted molar refractivity (Wildman–Crippen MR) is 126 cm³/mol. The number of amides is 1. The first kappa shape index (κ1) is 22.5. The summed E-state index contributed by atoms with van der Waals surface area (Å²) in [6.45, 7) is 1.92. The number of rotatable bonds is 6. The number of ether oxygens (including phenoxy) is 2. The van der Waals surface area contributed by atoms with Crippen LogP contribution in [0.15, 0.2) is 57.6 Å². The lowest BCUT2D eigenvalue weighted by atomic mass is 9.92. The topological polar surface area (TPSA) is 116 Å². The highest BCUT2D eigenvalue weighted by Gasteiger charge is 2.27. The minimum absolute atomic E-state index is 0.129. The molecule has 4 rings (SSSR count). The zero-order chi connectivity index (χ0) is 23.4. The van der Waals surface area contributed by atoms with Crippen molar-refractivity contribution in [3.05, 3.63) is 48.0 Å². The van der Waals surface area contributed by atoms with Gasteiger partial charge in [-0.1, -0.05) is 30.0 Å². The molecule has 0 radical (unpaired) electrons. The Kier molecular flexibility index (Phi) is 6.68. The number of para-hydroxylation sites is 2. The van der Waals surface area contributed by atoms with Gasteiger partial charge in [-0.2, -0.15) is 0 Å². The van der Waals surface area contributed by atoms with E-state index in [0.29, 0.717) is 28.2 Å². The van der Waals surface area contributed by atoms with Crippen LogP contribution in [0.2, 0.25) is 0 Å². The summed E-state index contributed by atoms with van der Waals surface area (Å²) in [7, 11) is 4.89. The van der Waals surface area contributed by atoms with E-state index in [1.54, 1.807) is 21.3 Å². The number of hydrogen-bond donors (Lipinski definition) is 1. The summed E-state index contributed by atoms with van der Waals surface area (Å²) >= 11 is 1.24. The molecular weight excluding hydrogens is 442 g/mol. The highest BCUT2D eigenvalue weighted by molar-refractivity contribution is 7.99. The SMILES string of the molecule is COc1ccc([C@H]2C(C)=Nc3ccccc3N=C2NC(=O)CSc2nnnn2C)cc1OC. The number of carbonyl (C=O) groups excluding carboxylic acids is 1. The Hall–Kier alpha value is -3.73. The van der Waals surface area contributed by atoms with E-state index < -0.39 is 0 Å². The van der Waals surface area contributed by atoms with E-state index in [1.807, 2.05) is 49.4 Å². The highest BCUT2D eigenvalue weighted by atomic mass is 32.2. The summed E-state index contributed by atoms with van der Waals surface area (Å²) in [4.78, 5) is 22.5. The summed E-state index contributed by atoms with van der Waals surface area (Å²) in [5, 5.41) is 14.8. The van der Waals surface area contributed by atoms with Crippen LogP contribution in [0.1, 0.15) is 18.4 Å². The van der Waals surface area contributed by atoms with Gasteiger partial charge in [0.2, 0.25) is 11.1 Å². The number of aromatic nitrogens is 4. The summed E-state index contributed by atoms with van der Waals surface area (Å²) in [5.74, 6) is 1.20. The van der Waals surface area contributed by atoms with Crippen LogP contribution in [0.3, 0.4) is 0 Å². The molecule has 0 saturated heterocycles. The van der Waals surface area contributed by atoms with Crippen molar-refractivity contribution in [2.24, 2.45) is 17.0 Å². The van der Waals surface area contributed by atoms with Gasteiger partial charge in [0, 0.05) is 12.8 Å². The molecule has 1 atom stereocenters. The molecule has 1 aliphatic rings. The third kappa shape index (κ3) is 4.87. The predicted octanol–water partition coefficient (Wildman–Crippen LogP) is 3.06. The number of nitrogens with one attached hydrogen (secondary N) is 1. The summed E-state index contributed by atoms with van der Waals surface area (Å²) < 4.78 is 12.4. The molecule has 2 heterocycles. The number of aliphatic imine (C=N–C) groups is 2. The molecule has 33 heavy (non-hydrogen) atoms. The standard InChI is InChI=1S/C22H23N7O3S/c1-13-20(14-9-10-17(31-3)18(11-14)32-4)21(24-16-8-6-5-7-15(16)23-13)25-19(30)12-33-22-26-27-28-29(22)2/h5-11,20H,12H2,1-4H3,(H,24,25,30)/t20-/m1/s1. The van der Waals surface area contributed by atoms with E-state index >= 15 is 0 Å². The number of aryl methyl sites for hydroxylation is 1. The van der Waals surface area contributed by atoms with Gasteiger partial charge in [-0.05, 0) is 47.2 Å². The molecule has 2 aromatic carbocycles. The second-order valence-corrected chi connectivity index (χ2v) is 8.15. The van der Waals surface area contributed by atoms with E-state index in [9.17, 15) is 4.79 Å². The number of methoxy groups -OCH3 is 2. The summed E-state index contributed by atoms with van der Waals surface area (Å²) in [5.41, 5.74) is 3.08. The van der Waals surface area contributed by atoms with Gasteiger partial charge in [0.25, 0.3) is 0 Å². The number of thioether (sulfide) groups is 1. The average molecular weight is 466 g/mol.